The number of benzene rings is 1. The molecule has 1 atom stereocenters. The van der Waals surface area contributed by atoms with Crippen LogP contribution in [0.25, 0.3) is 0 Å². The summed E-state index contributed by atoms with van der Waals surface area (Å²) in [5.41, 5.74) is 6.37. The van der Waals surface area contributed by atoms with Crippen molar-refractivity contribution >= 4 is 23.5 Å². The number of carbonyl (C=O) groups is 2. The topological polar surface area (TPSA) is 104 Å². The third-order valence-electron chi connectivity index (χ3n) is 5.50. The minimum atomic E-state index is -0.530. The van der Waals surface area contributed by atoms with Gasteiger partial charge in [-0.05, 0) is 25.1 Å². The lowest BCUT2D eigenvalue weighted by atomic mass is 10.2. The molecule has 1 aromatic carbocycles. The van der Waals surface area contributed by atoms with Crippen LogP contribution in [0.2, 0.25) is 0 Å². The molecule has 31 heavy (non-hydrogen) atoms. The number of hydrogen-bond donors (Lipinski definition) is 2. The Hall–Kier alpha value is -2.63. The first-order valence-electron chi connectivity index (χ1n) is 10.5. The Bertz CT molecular complexity index is 776. The first-order valence-corrected chi connectivity index (χ1v) is 10.5. The standard InChI is InChI=1S/C20H31FN6O4/c1-3-24(10-11-27(30-2)19(28)25-8-6-23-7-9-25)18-5-4-15(12-17(18)21)26-14-16(13-22)31-20(26)29/h4-5,12,16,23H,3,6-11,13-14,22H2,1-2H3/t16-/m0/s1. The molecule has 172 valence electrons. The van der Waals surface area contributed by atoms with Gasteiger partial charge >= 0.3 is 12.1 Å². The lowest BCUT2D eigenvalue weighted by Gasteiger charge is -2.33. The molecule has 3 N–H and O–H groups in total. The number of rotatable bonds is 8. The molecule has 2 heterocycles. The average molecular weight is 439 g/mol. The maximum absolute atomic E-state index is 14.9. The molecule has 11 heteroatoms. The van der Waals surface area contributed by atoms with Crippen LogP contribution in [0.1, 0.15) is 6.92 Å². The van der Waals surface area contributed by atoms with Crippen molar-refractivity contribution in [1.82, 2.24) is 15.3 Å². The van der Waals surface area contributed by atoms with E-state index in [2.05, 4.69) is 5.32 Å². The molecule has 0 saturated carbocycles. The Morgan fingerprint density at radius 1 is 1.35 bits per heavy atom. The van der Waals surface area contributed by atoms with Gasteiger partial charge in [0.1, 0.15) is 11.9 Å². The average Bonchev–Trinajstić information content (AvgIpc) is 3.18. The minimum Gasteiger partial charge on any atom is -0.443 e. The van der Waals surface area contributed by atoms with Crippen molar-refractivity contribution in [2.75, 3.05) is 75.8 Å². The zero-order valence-corrected chi connectivity index (χ0v) is 18.1. The summed E-state index contributed by atoms with van der Waals surface area (Å²) in [5.74, 6) is -0.458. The molecule has 0 radical (unpaired) electrons. The molecule has 1 aromatic rings. The molecule has 2 aliphatic heterocycles. The third-order valence-corrected chi connectivity index (χ3v) is 5.50. The van der Waals surface area contributed by atoms with Gasteiger partial charge < -0.3 is 25.6 Å². The fraction of sp³-hybridized carbons (Fsp3) is 0.600. The van der Waals surface area contributed by atoms with Gasteiger partial charge in [-0.15, -0.1) is 0 Å². The highest BCUT2D eigenvalue weighted by molar-refractivity contribution is 5.90. The summed E-state index contributed by atoms with van der Waals surface area (Å²) >= 11 is 0. The molecular formula is C20H31FN6O4. The number of amides is 3. The Kier molecular flexibility index (Phi) is 7.88. The summed E-state index contributed by atoms with van der Waals surface area (Å²) in [5, 5.41) is 4.50. The highest BCUT2D eigenvalue weighted by Crippen LogP contribution is 2.28. The minimum absolute atomic E-state index is 0.196. The van der Waals surface area contributed by atoms with E-state index in [4.69, 9.17) is 15.3 Å². The maximum atomic E-state index is 14.9. The number of halogens is 1. The van der Waals surface area contributed by atoms with E-state index in [1.165, 1.54) is 23.1 Å². The number of hydrogen-bond acceptors (Lipinski definition) is 7. The van der Waals surface area contributed by atoms with Crippen LogP contribution in [0.4, 0.5) is 25.4 Å². The zero-order chi connectivity index (χ0) is 22.4. The van der Waals surface area contributed by atoms with Crippen molar-refractivity contribution in [2.45, 2.75) is 13.0 Å². The highest BCUT2D eigenvalue weighted by atomic mass is 19.1. The molecular weight excluding hydrogens is 407 g/mol. The Balaban J connectivity index is 1.64. The van der Waals surface area contributed by atoms with Gasteiger partial charge in [-0.2, -0.15) is 0 Å². The molecule has 0 aromatic heterocycles. The lowest BCUT2D eigenvalue weighted by molar-refractivity contribution is -0.0948. The Labute approximate surface area is 181 Å². The van der Waals surface area contributed by atoms with Crippen LogP contribution in [0.3, 0.4) is 0 Å². The van der Waals surface area contributed by atoms with E-state index in [0.717, 1.165) is 13.1 Å². The molecule has 0 spiro atoms. The van der Waals surface area contributed by atoms with Crippen LogP contribution >= 0.6 is 0 Å². The number of urea groups is 1. The van der Waals surface area contributed by atoms with Crippen LogP contribution in [0.5, 0.6) is 0 Å². The quantitative estimate of drug-likeness (QED) is 0.580. The van der Waals surface area contributed by atoms with Crippen molar-refractivity contribution in [1.29, 1.82) is 0 Å². The summed E-state index contributed by atoms with van der Waals surface area (Å²) in [6.07, 6.45) is -0.923. The summed E-state index contributed by atoms with van der Waals surface area (Å²) in [7, 11) is 1.45. The monoisotopic (exact) mass is 438 g/mol. The number of nitrogens with two attached hydrogens (primary N) is 1. The number of carbonyl (C=O) groups excluding carboxylic acids is 2. The molecule has 3 rings (SSSR count). The fourth-order valence-electron chi connectivity index (χ4n) is 3.71. The number of likely N-dealkylation sites (N-methyl/N-ethyl adjacent to an activating group) is 1. The van der Waals surface area contributed by atoms with Crippen LogP contribution < -0.4 is 20.9 Å². The van der Waals surface area contributed by atoms with Gasteiger partial charge in [0.15, 0.2) is 0 Å². The third kappa shape index (κ3) is 5.35. The SMILES string of the molecule is CCN(CCN(OC)C(=O)N1CCNCC1)c1ccc(N2C[C@H](CN)OC2=O)cc1F. The van der Waals surface area contributed by atoms with Crippen molar-refractivity contribution < 1.29 is 23.6 Å². The summed E-state index contributed by atoms with van der Waals surface area (Å²) in [6.45, 7) is 6.37. The lowest BCUT2D eigenvalue weighted by Crippen LogP contribution is -2.52. The normalized spacial score (nSPS) is 18.8. The molecule has 10 nitrogen and oxygen atoms in total. The van der Waals surface area contributed by atoms with Gasteiger partial charge in [0.05, 0.1) is 31.6 Å². The largest absolute Gasteiger partial charge is 0.443 e. The molecule has 0 bridgehead atoms. The predicted octanol–water partition coefficient (Wildman–Crippen LogP) is 0.825. The number of nitrogens with one attached hydrogen (secondary N) is 1. The first-order chi connectivity index (χ1) is 15.0. The summed E-state index contributed by atoms with van der Waals surface area (Å²) in [6, 6.07) is 4.43. The van der Waals surface area contributed by atoms with E-state index in [-0.39, 0.29) is 19.1 Å². The number of ether oxygens (including phenoxy) is 1. The predicted molar refractivity (Wildman–Crippen MR) is 115 cm³/mol. The van der Waals surface area contributed by atoms with Crippen molar-refractivity contribution in [3.8, 4) is 0 Å². The van der Waals surface area contributed by atoms with Gasteiger partial charge in [0.2, 0.25) is 0 Å². The molecule has 0 unspecified atom stereocenters. The number of cyclic esters (lactones) is 1. The second kappa shape index (κ2) is 10.6. The van der Waals surface area contributed by atoms with E-state index in [0.29, 0.717) is 44.1 Å². The molecule has 0 aliphatic carbocycles. The van der Waals surface area contributed by atoms with Crippen molar-refractivity contribution in [2.24, 2.45) is 5.73 Å². The van der Waals surface area contributed by atoms with Gasteiger partial charge in [-0.3, -0.25) is 9.74 Å². The number of nitrogens with zero attached hydrogens (tertiary/aromatic N) is 4. The highest BCUT2D eigenvalue weighted by Gasteiger charge is 2.32. The van der Waals surface area contributed by atoms with E-state index >= 15 is 0 Å². The zero-order valence-electron chi connectivity index (χ0n) is 18.1. The van der Waals surface area contributed by atoms with Crippen LogP contribution in [0, 0.1) is 5.82 Å². The summed E-state index contributed by atoms with van der Waals surface area (Å²) in [4.78, 5) is 34.9. The van der Waals surface area contributed by atoms with Crippen LogP contribution in [0.15, 0.2) is 18.2 Å². The molecule has 2 saturated heterocycles. The smallest absolute Gasteiger partial charge is 0.414 e. The molecule has 3 amide bonds. The van der Waals surface area contributed by atoms with Gasteiger partial charge in [-0.25, -0.2) is 19.0 Å². The van der Waals surface area contributed by atoms with Crippen LogP contribution in [-0.4, -0.2) is 94.2 Å². The number of piperazine rings is 1. The Morgan fingerprint density at radius 2 is 2.10 bits per heavy atom. The fourth-order valence-corrected chi connectivity index (χ4v) is 3.71. The molecule has 2 fully saturated rings. The van der Waals surface area contributed by atoms with Crippen molar-refractivity contribution in [3.63, 3.8) is 0 Å². The molecule has 2 aliphatic rings. The second-order valence-electron chi connectivity index (χ2n) is 7.37. The first kappa shape index (κ1) is 23.0. The maximum Gasteiger partial charge on any atom is 0.414 e. The Morgan fingerprint density at radius 3 is 2.68 bits per heavy atom. The van der Waals surface area contributed by atoms with Gasteiger partial charge in [-0.1, -0.05) is 0 Å². The number of anilines is 2. The van der Waals surface area contributed by atoms with Gasteiger partial charge in [0, 0.05) is 45.8 Å². The van der Waals surface area contributed by atoms with Crippen molar-refractivity contribution in [3.05, 3.63) is 24.0 Å². The second-order valence-corrected chi connectivity index (χ2v) is 7.37. The van der Waals surface area contributed by atoms with E-state index in [1.54, 1.807) is 17.0 Å². The van der Waals surface area contributed by atoms with Gasteiger partial charge in [0.25, 0.3) is 0 Å². The van der Waals surface area contributed by atoms with E-state index in [9.17, 15) is 14.0 Å². The van der Waals surface area contributed by atoms with Crippen LogP contribution in [-0.2, 0) is 9.57 Å². The number of hydroxylamine groups is 2. The summed E-state index contributed by atoms with van der Waals surface area (Å²) < 4.78 is 20.1. The van der Waals surface area contributed by atoms with E-state index in [1.807, 2.05) is 11.8 Å². The van der Waals surface area contributed by atoms with E-state index < -0.39 is 18.0 Å².